The third kappa shape index (κ3) is 6.72. The maximum atomic E-state index is 11.3. The number of ketones is 1. The van der Waals surface area contributed by atoms with Gasteiger partial charge >= 0.3 is 0 Å². The standard InChI is InChI=1S/C13H18N2O2.C2H6/c1-9(16)13(14-3)8-11-4-6-12(7-5-11)15-10(2)17;1-2/h4-7,13-14H,8H2,1-3H3,(H,15,17);1-2H3. The Morgan fingerprint density at radius 3 is 2.00 bits per heavy atom. The Balaban J connectivity index is 0.00000154. The highest BCUT2D eigenvalue weighted by molar-refractivity contribution is 5.88. The zero-order valence-corrected chi connectivity index (χ0v) is 12.4. The summed E-state index contributed by atoms with van der Waals surface area (Å²) in [7, 11) is 1.78. The fourth-order valence-corrected chi connectivity index (χ4v) is 1.61. The molecule has 0 aliphatic heterocycles. The van der Waals surface area contributed by atoms with Crippen molar-refractivity contribution >= 4 is 17.4 Å². The van der Waals surface area contributed by atoms with Gasteiger partial charge in [0.05, 0.1) is 6.04 Å². The van der Waals surface area contributed by atoms with E-state index in [1.807, 2.05) is 38.1 Å². The van der Waals surface area contributed by atoms with Gasteiger partial charge in [-0.2, -0.15) is 0 Å². The Bertz CT molecular complexity index is 399. The number of nitrogens with one attached hydrogen (secondary N) is 2. The Morgan fingerprint density at radius 2 is 1.63 bits per heavy atom. The number of Topliss-reactive ketones (excluding diaryl/α,β-unsaturated/α-hetero) is 1. The second-order valence-corrected chi connectivity index (χ2v) is 4.03. The molecule has 19 heavy (non-hydrogen) atoms. The SMILES string of the molecule is CC.CNC(Cc1ccc(NC(C)=O)cc1)C(C)=O. The van der Waals surface area contributed by atoms with E-state index in [0.29, 0.717) is 6.42 Å². The molecule has 1 unspecified atom stereocenters. The van der Waals surface area contributed by atoms with Crippen molar-refractivity contribution in [1.82, 2.24) is 5.32 Å². The number of rotatable bonds is 5. The molecule has 2 N–H and O–H groups in total. The summed E-state index contributed by atoms with van der Waals surface area (Å²) in [5, 5.41) is 5.68. The summed E-state index contributed by atoms with van der Waals surface area (Å²) < 4.78 is 0. The molecular formula is C15H24N2O2. The van der Waals surface area contributed by atoms with E-state index >= 15 is 0 Å². The zero-order chi connectivity index (χ0) is 14.8. The van der Waals surface area contributed by atoms with Crippen LogP contribution in [-0.4, -0.2) is 24.8 Å². The minimum Gasteiger partial charge on any atom is -0.326 e. The molecule has 1 rings (SSSR count). The normalized spacial score (nSPS) is 11.0. The van der Waals surface area contributed by atoms with Crippen LogP contribution in [0.1, 0.15) is 33.3 Å². The summed E-state index contributed by atoms with van der Waals surface area (Å²) in [5.41, 5.74) is 1.83. The molecule has 1 aromatic carbocycles. The second kappa shape index (κ2) is 9.28. The fraction of sp³-hybridized carbons (Fsp3) is 0.467. The lowest BCUT2D eigenvalue weighted by Crippen LogP contribution is -2.34. The number of anilines is 1. The average Bonchev–Trinajstić information content (AvgIpc) is 2.39. The molecule has 1 aromatic rings. The van der Waals surface area contributed by atoms with Crippen molar-refractivity contribution in [2.75, 3.05) is 12.4 Å². The summed E-state index contributed by atoms with van der Waals surface area (Å²) in [6.07, 6.45) is 0.659. The molecule has 0 fully saturated rings. The number of benzene rings is 1. The van der Waals surface area contributed by atoms with E-state index < -0.39 is 0 Å². The first-order chi connectivity index (χ1) is 9.02. The van der Waals surface area contributed by atoms with Crippen LogP contribution in [0.4, 0.5) is 5.69 Å². The summed E-state index contributed by atoms with van der Waals surface area (Å²) >= 11 is 0. The van der Waals surface area contributed by atoms with E-state index in [1.54, 1.807) is 14.0 Å². The van der Waals surface area contributed by atoms with Crippen molar-refractivity contribution in [3.05, 3.63) is 29.8 Å². The smallest absolute Gasteiger partial charge is 0.221 e. The highest BCUT2D eigenvalue weighted by Crippen LogP contribution is 2.11. The van der Waals surface area contributed by atoms with Crippen LogP contribution < -0.4 is 10.6 Å². The van der Waals surface area contributed by atoms with Gasteiger partial charge in [-0.1, -0.05) is 26.0 Å². The zero-order valence-electron chi connectivity index (χ0n) is 12.4. The molecule has 0 bridgehead atoms. The van der Waals surface area contributed by atoms with E-state index in [1.165, 1.54) is 6.92 Å². The Morgan fingerprint density at radius 1 is 1.11 bits per heavy atom. The van der Waals surface area contributed by atoms with Crippen molar-refractivity contribution in [3.63, 3.8) is 0 Å². The van der Waals surface area contributed by atoms with Crippen molar-refractivity contribution in [1.29, 1.82) is 0 Å². The van der Waals surface area contributed by atoms with Crippen molar-refractivity contribution in [2.45, 2.75) is 40.2 Å². The molecule has 4 nitrogen and oxygen atoms in total. The lowest BCUT2D eigenvalue weighted by molar-refractivity contribution is -0.118. The number of amides is 1. The lowest BCUT2D eigenvalue weighted by Gasteiger charge is -2.12. The number of hydrogen-bond donors (Lipinski definition) is 2. The lowest BCUT2D eigenvalue weighted by atomic mass is 10.0. The van der Waals surface area contributed by atoms with Gasteiger partial charge in [-0.15, -0.1) is 0 Å². The maximum Gasteiger partial charge on any atom is 0.221 e. The highest BCUT2D eigenvalue weighted by Gasteiger charge is 2.11. The number of carbonyl (C=O) groups excluding carboxylic acids is 2. The molecule has 4 heteroatoms. The second-order valence-electron chi connectivity index (χ2n) is 4.03. The van der Waals surface area contributed by atoms with Crippen LogP contribution in [0.25, 0.3) is 0 Å². The predicted octanol–water partition coefficient (Wildman–Crippen LogP) is 2.39. The number of hydrogen-bond acceptors (Lipinski definition) is 3. The van der Waals surface area contributed by atoms with E-state index in [4.69, 9.17) is 0 Å². The summed E-state index contributed by atoms with van der Waals surface area (Å²) in [6.45, 7) is 7.05. The Kier molecular flexibility index (Phi) is 8.46. The maximum absolute atomic E-state index is 11.3. The number of likely N-dealkylation sites (N-methyl/N-ethyl adjacent to an activating group) is 1. The van der Waals surface area contributed by atoms with Gasteiger partial charge in [-0.25, -0.2) is 0 Å². The first kappa shape index (κ1) is 17.3. The first-order valence-corrected chi connectivity index (χ1v) is 6.57. The molecule has 106 valence electrons. The van der Waals surface area contributed by atoms with Crippen LogP contribution in [0.5, 0.6) is 0 Å². The van der Waals surface area contributed by atoms with Crippen LogP contribution in [-0.2, 0) is 16.0 Å². The van der Waals surface area contributed by atoms with Crippen LogP contribution in [0.3, 0.4) is 0 Å². The predicted molar refractivity (Wildman–Crippen MR) is 79.3 cm³/mol. The third-order valence-corrected chi connectivity index (χ3v) is 2.55. The van der Waals surface area contributed by atoms with Gasteiger partial charge < -0.3 is 10.6 Å². The monoisotopic (exact) mass is 264 g/mol. The largest absolute Gasteiger partial charge is 0.326 e. The minimum atomic E-state index is -0.151. The molecule has 0 radical (unpaired) electrons. The van der Waals surface area contributed by atoms with Gasteiger partial charge in [0.1, 0.15) is 5.78 Å². The molecule has 0 aromatic heterocycles. The van der Waals surface area contributed by atoms with Crippen LogP contribution in [0.15, 0.2) is 24.3 Å². The molecule has 1 amide bonds. The summed E-state index contributed by atoms with van der Waals surface area (Å²) in [6, 6.07) is 7.35. The topological polar surface area (TPSA) is 58.2 Å². The van der Waals surface area contributed by atoms with E-state index in [9.17, 15) is 9.59 Å². The van der Waals surface area contributed by atoms with Crippen LogP contribution in [0, 0.1) is 0 Å². The minimum absolute atomic E-state index is 0.0883. The molecule has 1 atom stereocenters. The molecule has 0 spiro atoms. The Labute approximate surface area is 115 Å². The van der Waals surface area contributed by atoms with Crippen molar-refractivity contribution in [2.24, 2.45) is 0 Å². The van der Waals surface area contributed by atoms with Crippen LogP contribution >= 0.6 is 0 Å². The fourth-order valence-electron chi connectivity index (χ4n) is 1.61. The van der Waals surface area contributed by atoms with Gasteiger partial charge in [0.15, 0.2) is 0 Å². The molecule has 0 aliphatic rings. The molecule has 0 aliphatic carbocycles. The van der Waals surface area contributed by atoms with Gasteiger partial charge in [0, 0.05) is 12.6 Å². The van der Waals surface area contributed by atoms with Gasteiger partial charge in [-0.05, 0) is 38.1 Å². The van der Waals surface area contributed by atoms with Gasteiger partial charge in [-0.3, -0.25) is 9.59 Å². The first-order valence-electron chi connectivity index (χ1n) is 6.57. The van der Waals surface area contributed by atoms with E-state index in [-0.39, 0.29) is 17.7 Å². The van der Waals surface area contributed by atoms with Gasteiger partial charge in [0.25, 0.3) is 0 Å². The third-order valence-electron chi connectivity index (χ3n) is 2.55. The molecule has 0 saturated heterocycles. The van der Waals surface area contributed by atoms with Crippen LogP contribution in [0.2, 0.25) is 0 Å². The summed E-state index contributed by atoms with van der Waals surface area (Å²) in [5.74, 6) is 0.0352. The quantitative estimate of drug-likeness (QED) is 0.858. The van der Waals surface area contributed by atoms with Gasteiger partial charge in [0.2, 0.25) is 5.91 Å². The van der Waals surface area contributed by atoms with E-state index in [2.05, 4.69) is 10.6 Å². The number of carbonyl (C=O) groups is 2. The highest BCUT2D eigenvalue weighted by atomic mass is 16.1. The van der Waals surface area contributed by atoms with Crippen molar-refractivity contribution in [3.8, 4) is 0 Å². The summed E-state index contributed by atoms with van der Waals surface area (Å²) in [4.78, 5) is 22.1. The Hall–Kier alpha value is -1.68. The van der Waals surface area contributed by atoms with E-state index in [0.717, 1.165) is 11.3 Å². The molecule has 0 heterocycles. The molecule has 0 saturated carbocycles. The average molecular weight is 264 g/mol. The van der Waals surface area contributed by atoms with Crippen molar-refractivity contribution < 1.29 is 9.59 Å². The molecular weight excluding hydrogens is 240 g/mol.